The summed E-state index contributed by atoms with van der Waals surface area (Å²) >= 11 is 0. The predicted molar refractivity (Wildman–Crippen MR) is 80.8 cm³/mol. The molecule has 1 aromatic carbocycles. The molecule has 0 fully saturated rings. The summed E-state index contributed by atoms with van der Waals surface area (Å²) in [6, 6.07) is 6.21. The third-order valence-electron chi connectivity index (χ3n) is 3.28. The molecule has 8 heteroatoms. The number of hydrogen-bond acceptors (Lipinski definition) is 3. The zero-order valence-electron chi connectivity index (χ0n) is 12.2. The Morgan fingerprint density at radius 1 is 1.12 bits per heavy atom. The summed E-state index contributed by atoms with van der Waals surface area (Å²) in [5.41, 5.74) is -0.214. The zero-order chi connectivity index (χ0) is 17.2. The quantitative estimate of drug-likeness (QED) is 0.798. The molecule has 0 unspecified atom stereocenters. The Hall–Kier alpha value is -3.16. The molecule has 122 valence electrons. The van der Waals surface area contributed by atoms with E-state index in [4.69, 9.17) is 0 Å². The number of anilines is 1. The average Bonchev–Trinajstić information content (AvgIpc) is 3.09. The highest BCUT2D eigenvalue weighted by Gasteiger charge is 2.31. The maximum absolute atomic E-state index is 13.0. The summed E-state index contributed by atoms with van der Waals surface area (Å²) in [6.07, 6.45) is 2.81. The van der Waals surface area contributed by atoms with Crippen LogP contribution < -0.4 is 5.32 Å². The largest absolute Gasteiger partial charge is 0.416 e. The second-order valence-corrected chi connectivity index (χ2v) is 4.90. The number of rotatable bonds is 3. The Bertz CT molecular complexity index is 846. The van der Waals surface area contributed by atoms with Crippen LogP contribution in [0, 0.1) is 0 Å². The first-order valence-electron chi connectivity index (χ1n) is 6.86. The number of alkyl halides is 3. The molecule has 0 saturated carbocycles. The lowest BCUT2D eigenvalue weighted by Gasteiger charge is -2.15. The van der Waals surface area contributed by atoms with Crippen molar-refractivity contribution in [2.24, 2.45) is 0 Å². The zero-order valence-corrected chi connectivity index (χ0v) is 12.2. The van der Waals surface area contributed by atoms with Crippen molar-refractivity contribution in [1.29, 1.82) is 0 Å². The van der Waals surface area contributed by atoms with Crippen LogP contribution in [0.2, 0.25) is 0 Å². The number of nitrogens with one attached hydrogen (secondary N) is 1. The molecule has 2 aromatic heterocycles. The first kappa shape index (κ1) is 15.7. The molecule has 0 aliphatic rings. The van der Waals surface area contributed by atoms with Crippen molar-refractivity contribution < 1.29 is 18.0 Å². The Morgan fingerprint density at radius 3 is 2.58 bits per heavy atom. The van der Waals surface area contributed by atoms with Crippen molar-refractivity contribution in [1.82, 2.24) is 14.5 Å². The second-order valence-electron chi connectivity index (χ2n) is 4.90. The van der Waals surface area contributed by atoms with Crippen LogP contribution in [-0.2, 0) is 6.18 Å². The van der Waals surface area contributed by atoms with E-state index in [2.05, 4.69) is 15.3 Å². The van der Waals surface area contributed by atoms with E-state index in [-0.39, 0.29) is 11.3 Å². The standard InChI is InChI=1S/C16H11F3N4O/c17-16(18,19)12-3-4-14(23-7-6-21-10-23)13(8-12)22-15(24)11-2-1-5-20-9-11/h1-10H,(H,22,24). The molecule has 24 heavy (non-hydrogen) atoms. The highest BCUT2D eigenvalue weighted by Crippen LogP contribution is 2.33. The van der Waals surface area contributed by atoms with Gasteiger partial charge in [0.1, 0.15) is 0 Å². The minimum absolute atomic E-state index is 0.0247. The Kier molecular flexibility index (Phi) is 4.03. The van der Waals surface area contributed by atoms with Gasteiger partial charge in [0.15, 0.2) is 0 Å². The number of amides is 1. The van der Waals surface area contributed by atoms with E-state index < -0.39 is 17.6 Å². The fourth-order valence-electron chi connectivity index (χ4n) is 2.13. The number of nitrogens with zero attached hydrogens (tertiary/aromatic N) is 3. The molecule has 0 spiro atoms. The first-order chi connectivity index (χ1) is 11.4. The monoisotopic (exact) mass is 332 g/mol. The van der Waals surface area contributed by atoms with Crippen molar-refractivity contribution in [2.75, 3.05) is 5.32 Å². The molecule has 0 radical (unpaired) electrons. The van der Waals surface area contributed by atoms with Crippen LogP contribution in [0.3, 0.4) is 0 Å². The van der Waals surface area contributed by atoms with Crippen LogP contribution in [0.25, 0.3) is 5.69 Å². The summed E-state index contributed by atoms with van der Waals surface area (Å²) < 4.78 is 40.4. The number of halogens is 3. The molecule has 2 heterocycles. The number of hydrogen-bond donors (Lipinski definition) is 1. The van der Waals surface area contributed by atoms with Gasteiger partial charge in [0.25, 0.3) is 5.91 Å². The Balaban J connectivity index is 2.01. The van der Waals surface area contributed by atoms with Gasteiger partial charge in [-0.1, -0.05) is 0 Å². The molecule has 3 rings (SSSR count). The van der Waals surface area contributed by atoms with E-state index >= 15 is 0 Å². The minimum Gasteiger partial charge on any atom is -0.320 e. The number of benzene rings is 1. The summed E-state index contributed by atoms with van der Waals surface area (Å²) in [4.78, 5) is 19.9. The molecular weight excluding hydrogens is 321 g/mol. The number of pyridine rings is 1. The van der Waals surface area contributed by atoms with Gasteiger partial charge in [0, 0.05) is 24.8 Å². The first-order valence-corrected chi connectivity index (χ1v) is 6.86. The van der Waals surface area contributed by atoms with Gasteiger partial charge in [-0.05, 0) is 30.3 Å². The topological polar surface area (TPSA) is 59.8 Å². The molecule has 0 atom stereocenters. The van der Waals surface area contributed by atoms with E-state index in [9.17, 15) is 18.0 Å². The van der Waals surface area contributed by atoms with Gasteiger partial charge in [-0.2, -0.15) is 13.2 Å². The van der Waals surface area contributed by atoms with E-state index in [0.29, 0.717) is 5.69 Å². The summed E-state index contributed by atoms with van der Waals surface area (Å²) in [7, 11) is 0. The van der Waals surface area contributed by atoms with Gasteiger partial charge >= 0.3 is 6.18 Å². The highest BCUT2D eigenvalue weighted by molar-refractivity contribution is 6.05. The van der Waals surface area contributed by atoms with Crippen LogP contribution in [0.1, 0.15) is 15.9 Å². The highest BCUT2D eigenvalue weighted by atomic mass is 19.4. The normalized spacial score (nSPS) is 11.3. The van der Waals surface area contributed by atoms with E-state index in [1.165, 1.54) is 41.6 Å². The lowest BCUT2D eigenvalue weighted by molar-refractivity contribution is -0.137. The Labute approximate surface area is 134 Å². The van der Waals surface area contributed by atoms with Crippen LogP contribution in [0.15, 0.2) is 61.4 Å². The molecule has 1 amide bonds. The Morgan fingerprint density at radius 2 is 1.96 bits per heavy atom. The van der Waals surface area contributed by atoms with Crippen molar-refractivity contribution in [2.45, 2.75) is 6.18 Å². The molecule has 0 bridgehead atoms. The van der Waals surface area contributed by atoms with Gasteiger partial charge in [0.05, 0.1) is 28.8 Å². The van der Waals surface area contributed by atoms with Gasteiger partial charge in [-0.25, -0.2) is 4.98 Å². The smallest absolute Gasteiger partial charge is 0.320 e. The van der Waals surface area contributed by atoms with Crippen molar-refractivity contribution in [3.05, 3.63) is 72.6 Å². The summed E-state index contributed by atoms with van der Waals surface area (Å²) in [5, 5.41) is 2.50. The van der Waals surface area contributed by atoms with Crippen molar-refractivity contribution in [3.63, 3.8) is 0 Å². The molecular formula is C16H11F3N4O. The molecule has 5 nitrogen and oxygen atoms in total. The van der Waals surface area contributed by atoms with E-state index in [1.54, 1.807) is 12.3 Å². The maximum Gasteiger partial charge on any atom is 0.416 e. The van der Waals surface area contributed by atoms with E-state index in [0.717, 1.165) is 12.1 Å². The van der Waals surface area contributed by atoms with Crippen LogP contribution in [0.5, 0.6) is 0 Å². The number of aromatic nitrogens is 3. The van der Waals surface area contributed by atoms with Crippen LogP contribution in [-0.4, -0.2) is 20.4 Å². The van der Waals surface area contributed by atoms with Gasteiger partial charge < -0.3 is 9.88 Å². The third kappa shape index (κ3) is 3.27. The summed E-state index contributed by atoms with van der Waals surface area (Å²) in [6.45, 7) is 0. The molecule has 0 saturated heterocycles. The van der Waals surface area contributed by atoms with Crippen LogP contribution >= 0.6 is 0 Å². The maximum atomic E-state index is 13.0. The molecule has 0 aliphatic carbocycles. The molecule has 1 N–H and O–H groups in total. The van der Waals surface area contributed by atoms with Gasteiger partial charge in [0.2, 0.25) is 0 Å². The second kappa shape index (κ2) is 6.15. The number of imidazole rings is 1. The number of carbonyl (C=O) groups excluding carboxylic acids is 1. The fourth-order valence-corrected chi connectivity index (χ4v) is 2.13. The summed E-state index contributed by atoms with van der Waals surface area (Å²) in [5.74, 6) is -0.552. The minimum atomic E-state index is -4.51. The van der Waals surface area contributed by atoms with E-state index in [1.807, 2.05) is 0 Å². The predicted octanol–water partition coefficient (Wildman–Crippen LogP) is 3.54. The SMILES string of the molecule is O=C(Nc1cc(C(F)(F)F)ccc1-n1ccnc1)c1cccnc1. The van der Waals surface area contributed by atoms with Gasteiger partial charge in [-0.3, -0.25) is 9.78 Å². The number of carbonyl (C=O) groups is 1. The van der Waals surface area contributed by atoms with Crippen molar-refractivity contribution in [3.8, 4) is 5.69 Å². The third-order valence-corrected chi connectivity index (χ3v) is 3.28. The molecule has 0 aliphatic heterocycles. The van der Waals surface area contributed by atoms with Crippen LogP contribution in [0.4, 0.5) is 18.9 Å². The fraction of sp³-hybridized carbons (Fsp3) is 0.0625. The molecule has 3 aromatic rings. The average molecular weight is 332 g/mol. The lowest BCUT2D eigenvalue weighted by atomic mass is 10.1. The van der Waals surface area contributed by atoms with Gasteiger partial charge in [-0.15, -0.1) is 0 Å². The van der Waals surface area contributed by atoms with Crippen molar-refractivity contribution >= 4 is 11.6 Å². The lowest BCUT2D eigenvalue weighted by Crippen LogP contribution is -2.15.